The molecule has 0 fully saturated rings. The van der Waals surface area contributed by atoms with Gasteiger partial charge in [0.05, 0.1) is 13.3 Å². The van der Waals surface area contributed by atoms with E-state index in [4.69, 9.17) is 21.7 Å². The van der Waals surface area contributed by atoms with Crippen LogP contribution in [0.25, 0.3) is 0 Å². The van der Waals surface area contributed by atoms with E-state index in [9.17, 15) is 0 Å². The molecule has 3 aromatic rings. The van der Waals surface area contributed by atoms with Gasteiger partial charge in [-0.1, -0.05) is 13.0 Å². The third kappa shape index (κ3) is 4.15. The number of thiophene rings is 1. The normalized spacial score (nSPS) is 11.1. The van der Waals surface area contributed by atoms with Crippen LogP contribution in [0.2, 0.25) is 0 Å². The van der Waals surface area contributed by atoms with Crippen LogP contribution in [0.5, 0.6) is 11.5 Å². The molecule has 0 amide bonds. The highest BCUT2D eigenvalue weighted by molar-refractivity contribution is 7.71. The number of hydrogen-bond acceptors (Lipinski definition) is 6. The summed E-state index contributed by atoms with van der Waals surface area (Å²) < 4.78 is 13.4. The van der Waals surface area contributed by atoms with Crippen LogP contribution in [0.3, 0.4) is 0 Å². The molecule has 3 rings (SSSR count). The lowest BCUT2D eigenvalue weighted by molar-refractivity contribution is 0.287. The van der Waals surface area contributed by atoms with Crippen LogP contribution in [0.4, 0.5) is 0 Å². The van der Waals surface area contributed by atoms with Crippen LogP contribution in [-0.2, 0) is 13.0 Å². The molecule has 0 aliphatic rings. The third-order valence-corrected chi connectivity index (χ3v) is 4.61. The fourth-order valence-electron chi connectivity index (χ4n) is 2.22. The van der Waals surface area contributed by atoms with Crippen molar-refractivity contribution in [2.24, 2.45) is 5.10 Å². The van der Waals surface area contributed by atoms with E-state index in [0.29, 0.717) is 22.9 Å². The highest BCUT2D eigenvalue weighted by Crippen LogP contribution is 2.28. The van der Waals surface area contributed by atoms with E-state index in [1.165, 1.54) is 0 Å². The summed E-state index contributed by atoms with van der Waals surface area (Å²) in [5.41, 5.74) is 0.880. The number of rotatable bonds is 7. The molecule has 6 nitrogen and oxygen atoms in total. The Morgan fingerprint density at radius 3 is 2.96 bits per heavy atom. The predicted octanol–water partition coefficient (Wildman–Crippen LogP) is 4.03. The van der Waals surface area contributed by atoms with E-state index in [-0.39, 0.29) is 0 Å². The second-order valence-electron chi connectivity index (χ2n) is 5.13. The molecule has 0 saturated carbocycles. The van der Waals surface area contributed by atoms with E-state index in [1.807, 2.05) is 42.6 Å². The Morgan fingerprint density at radius 2 is 2.24 bits per heavy atom. The first-order chi connectivity index (χ1) is 12.2. The van der Waals surface area contributed by atoms with E-state index in [2.05, 4.69) is 15.3 Å². The highest BCUT2D eigenvalue weighted by atomic mass is 32.1. The summed E-state index contributed by atoms with van der Waals surface area (Å²) in [5, 5.41) is 13.3. The average molecular weight is 374 g/mol. The molecule has 0 saturated heterocycles. The SMILES string of the molecule is CCc1n[nH]c(=S)n1/N=C\c1ccc(OCc2cccs2)c(OC)c1. The second-order valence-corrected chi connectivity index (χ2v) is 6.55. The van der Waals surface area contributed by atoms with Crippen molar-refractivity contribution in [2.45, 2.75) is 20.0 Å². The van der Waals surface area contributed by atoms with Gasteiger partial charge in [0.25, 0.3) is 0 Å². The van der Waals surface area contributed by atoms with Crippen molar-refractivity contribution in [2.75, 3.05) is 7.11 Å². The molecule has 1 aromatic carbocycles. The number of aromatic amines is 1. The summed E-state index contributed by atoms with van der Waals surface area (Å²) in [6.45, 7) is 2.52. The fourth-order valence-corrected chi connectivity index (χ4v) is 3.04. The van der Waals surface area contributed by atoms with E-state index in [1.54, 1.807) is 29.3 Å². The first-order valence-electron chi connectivity index (χ1n) is 7.75. The summed E-state index contributed by atoms with van der Waals surface area (Å²) >= 11 is 6.85. The Hall–Kier alpha value is -2.45. The maximum atomic E-state index is 5.84. The standard InChI is InChI=1S/C17H18N4O2S2/c1-3-16-19-20-17(24)21(16)18-10-12-6-7-14(15(9-12)22-2)23-11-13-5-4-8-25-13/h4-10H,3,11H2,1-2H3,(H,20,24)/b18-10-. The summed E-state index contributed by atoms with van der Waals surface area (Å²) in [5.74, 6) is 2.14. The van der Waals surface area contributed by atoms with Crippen LogP contribution in [0.15, 0.2) is 40.8 Å². The van der Waals surface area contributed by atoms with Gasteiger partial charge in [0, 0.05) is 11.3 Å². The smallest absolute Gasteiger partial charge is 0.216 e. The minimum Gasteiger partial charge on any atom is -0.493 e. The zero-order chi connectivity index (χ0) is 17.6. The van der Waals surface area contributed by atoms with Crippen molar-refractivity contribution in [1.29, 1.82) is 0 Å². The first-order valence-corrected chi connectivity index (χ1v) is 9.04. The molecule has 2 aromatic heterocycles. The van der Waals surface area contributed by atoms with Gasteiger partial charge < -0.3 is 9.47 Å². The maximum absolute atomic E-state index is 5.84. The molecule has 8 heteroatoms. The monoisotopic (exact) mass is 374 g/mol. The van der Waals surface area contributed by atoms with Gasteiger partial charge in [-0.2, -0.15) is 14.9 Å². The molecule has 1 N–H and O–H groups in total. The minimum atomic E-state index is 0.468. The molecular weight excluding hydrogens is 356 g/mol. The maximum Gasteiger partial charge on any atom is 0.216 e. The van der Waals surface area contributed by atoms with E-state index < -0.39 is 0 Å². The molecular formula is C17H18N4O2S2. The minimum absolute atomic E-state index is 0.468. The topological polar surface area (TPSA) is 64.4 Å². The van der Waals surface area contributed by atoms with Crippen molar-refractivity contribution >= 4 is 29.8 Å². The lowest BCUT2D eigenvalue weighted by atomic mass is 10.2. The Bertz CT molecular complexity index is 913. The number of ether oxygens (including phenoxy) is 2. The van der Waals surface area contributed by atoms with Gasteiger partial charge in [0.15, 0.2) is 17.3 Å². The van der Waals surface area contributed by atoms with Gasteiger partial charge in [-0.25, -0.2) is 0 Å². The van der Waals surface area contributed by atoms with Gasteiger partial charge in [-0.15, -0.1) is 11.3 Å². The quantitative estimate of drug-likeness (QED) is 0.501. The predicted molar refractivity (Wildman–Crippen MR) is 101 cm³/mol. The molecule has 0 spiro atoms. The number of benzene rings is 1. The molecule has 0 aliphatic heterocycles. The first kappa shape index (κ1) is 17.4. The van der Waals surface area contributed by atoms with E-state index >= 15 is 0 Å². The fraction of sp³-hybridized carbons (Fsp3) is 0.235. The Labute approximate surface area is 154 Å². The van der Waals surface area contributed by atoms with Crippen LogP contribution >= 0.6 is 23.6 Å². The summed E-state index contributed by atoms with van der Waals surface area (Å²) in [4.78, 5) is 1.16. The van der Waals surface area contributed by atoms with Gasteiger partial charge in [-0.3, -0.25) is 5.10 Å². The van der Waals surface area contributed by atoms with Crippen LogP contribution in [0.1, 0.15) is 23.2 Å². The van der Waals surface area contributed by atoms with Crippen molar-refractivity contribution in [3.05, 3.63) is 56.7 Å². The van der Waals surface area contributed by atoms with Crippen LogP contribution < -0.4 is 9.47 Å². The number of methoxy groups -OCH3 is 1. The Kier molecular flexibility index (Phi) is 5.62. The Morgan fingerprint density at radius 1 is 1.36 bits per heavy atom. The van der Waals surface area contributed by atoms with Gasteiger partial charge >= 0.3 is 0 Å². The van der Waals surface area contributed by atoms with Crippen molar-refractivity contribution in [3.8, 4) is 11.5 Å². The van der Waals surface area contributed by atoms with Gasteiger partial charge in [0.2, 0.25) is 4.77 Å². The zero-order valence-corrected chi connectivity index (χ0v) is 15.6. The molecule has 0 unspecified atom stereocenters. The largest absolute Gasteiger partial charge is 0.493 e. The number of aryl methyl sites for hydroxylation is 1. The lowest BCUT2D eigenvalue weighted by Gasteiger charge is -2.10. The van der Waals surface area contributed by atoms with Crippen molar-refractivity contribution < 1.29 is 9.47 Å². The Balaban J connectivity index is 1.77. The number of nitrogens with zero attached hydrogens (tertiary/aromatic N) is 3. The number of aromatic nitrogens is 3. The summed E-state index contributed by atoms with van der Waals surface area (Å²) in [6, 6.07) is 9.72. The van der Waals surface area contributed by atoms with E-state index in [0.717, 1.165) is 22.7 Å². The van der Waals surface area contributed by atoms with Gasteiger partial charge in [-0.05, 0) is 47.4 Å². The van der Waals surface area contributed by atoms with Crippen molar-refractivity contribution in [1.82, 2.24) is 14.9 Å². The highest BCUT2D eigenvalue weighted by Gasteiger charge is 2.07. The summed E-state index contributed by atoms with van der Waals surface area (Å²) in [7, 11) is 1.62. The molecule has 0 radical (unpaired) electrons. The molecule has 0 bridgehead atoms. The van der Waals surface area contributed by atoms with Gasteiger partial charge in [0.1, 0.15) is 6.61 Å². The summed E-state index contributed by atoms with van der Waals surface area (Å²) in [6.07, 6.45) is 2.46. The second kappa shape index (κ2) is 8.09. The average Bonchev–Trinajstić information content (AvgIpc) is 3.28. The molecule has 25 heavy (non-hydrogen) atoms. The number of H-pyrrole nitrogens is 1. The van der Waals surface area contributed by atoms with Crippen LogP contribution in [-0.4, -0.2) is 28.2 Å². The third-order valence-electron chi connectivity index (χ3n) is 3.49. The molecule has 130 valence electrons. The molecule has 0 aliphatic carbocycles. The van der Waals surface area contributed by atoms with Crippen molar-refractivity contribution in [3.63, 3.8) is 0 Å². The molecule has 0 atom stereocenters. The zero-order valence-electron chi connectivity index (χ0n) is 13.9. The van der Waals surface area contributed by atoms with Crippen LogP contribution in [0, 0.1) is 4.77 Å². The number of hydrogen-bond donors (Lipinski definition) is 1. The molecule has 2 heterocycles. The number of nitrogens with one attached hydrogen (secondary N) is 1. The lowest BCUT2D eigenvalue weighted by Crippen LogP contribution is -1.99.